The molecule has 0 unspecified atom stereocenters. The second-order valence-electron chi connectivity index (χ2n) is 2.92. The smallest absolute Gasteiger partial charge is 0.484 e. The SMILES string of the molecule is CSc1ccc(OCC(=O)NNC(=S)[S-])cc1.[K+]. The molecule has 0 aliphatic carbocycles. The van der Waals surface area contributed by atoms with Gasteiger partial charge < -0.3 is 35.0 Å². The first-order chi connectivity index (χ1) is 8.11. The summed E-state index contributed by atoms with van der Waals surface area (Å²) < 4.78 is 5.35. The molecule has 1 amide bonds. The van der Waals surface area contributed by atoms with Gasteiger partial charge in [-0.1, -0.05) is 0 Å². The Morgan fingerprint density at radius 1 is 1.39 bits per heavy atom. The van der Waals surface area contributed by atoms with E-state index < -0.39 is 0 Å². The molecule has 1 rings (SSSR count). The number of benzene rings is 1. The fraction of sp³-hybridized carbons (Fsp3) is 0.200. The monoisotopic (exact) mass is 326 g/mol. The Hall–Kier alpha value is 0.586. The minimum absolute atomic E-state index is 0. The summed E-state index contributed by atoms with van der Waals surface area (Å²) in [6, 6.07) is 7.47. The van der Waals surface area contributed by atoms with Gasteiger partial charge in [0.15, 0.2) is 6.61 Å². The van der Waals surface area contributed by atoms with Gasteiger partial charge in [-0.3, -0.25) is 10.2 Å². The molecule has 0 bridgehead atoms. The molecule has 4 nitrogen and oxygen atoms in total. The number of hydrazine groups is 1. The maximum absolute atomic E-state index is 11.2. The van der Waals surface area contributed by atoms with Crippen molar-refractivity contribution >= 4 is 46.8 Å². The van der Waals surface area contributed by atoms with Crippen LogP contribution in [0.5, 0.6) is 5.75 Å². The van der Waals surface area contributed by atoms with Crippen molar-refractivity contribution in [2.75, 3.05) is 12.9 Å². The topological polar surface area (TPSA) is 50.4 Å². The van der Waals surface area contributed by atoms with Gasteiger partial charge in [0.1, 0.15) is 5.75 Å². The van der Waals surface area contributed by atoms with Crippen LogP contribution in [0.3, 0.4) is 0 Å². The van der Waals surface area contributed by atoms with Crippen LogP contribution < -0.4 is 67.0 Å². The first kappa shape index (κ1) is 18.6. The molecule has 92 valence electrons. The summed E-state index contributed by atoms with van der Waals surface area (Å²) in [5.74, 6) is 0.296. The fourth-order valence-corrected chi connectivity index (χ4v) is 1.49. The zero-order valence-electron chi connectivity index (χ0n) is 10.1. The molecular formula is C10H11KN2O2S3. The van der Waals surface area contributed by atoms with Crippen LogP contribution in [0.1, 0.15) is 0 Å². The molecule has 0 saturated carbocycles. The summed E-state index contributed by atoms with van der Waals surface area (Å²) in [5.41, 5.74) is 4.67. The van der Waals surface area contributed by atoms with Gasteiger partial charge in [-0.15, -0.1) is 11.8 Å². The van der Waals surface area contributed by atoms with Crippen LogP contribution >= 0.6 is 24.0 Å². The summed E-state index contributed by atoms with van der Waals surface area (Å²) >= 11 is 10.8. The van der Waals surface area contributed by atoms with Crippen molar-refractivity contribution in [3.63, 3.8) is 0 Å². The molecule has 2 N–H and O–H groups in total. The number of thiocarbonyl (C=S) groups is 1. The van der Waals surface area contributed by atoms with Gasteiger partial charge in [-0.2, -0.15) is 0 Å². The van der Waals surface area contributed by atoms with E-state index in [1.165, 1.54) is 0 Å². The molecule has 1 aromatic rings. The van der Waals surface area contributed by atoms with Gasteiger partial charge in [0.25, 0.3) is 5.91 Å². The second kappa shape index (κ2) is 10.4. The van der Waals surface area contributed by atoms with Crippen molar-refractivity contribution in [1.82, 2.24) is 10.9 Å². The molecule has 18 heavy (non-hydrogen) atoms. The standard InChI is InChI=1S/C10H12N2O2S3.K/c1-17-8-4-2-7(3-5-8)14-6-9(13)11-12-10(15)16;/h2-5H,6H2,1H3,(H,11,13)(H2,12,15,16);/q;+1/p-1. The van der Waals surface area contributed by atoms with E-state index in [1.54, 1.807) is 11.8 Å². The molecule has 0 spiro atoms. The average Bonchev–Trinajstić information content (AvgIpc) is 2.34. The van der Waals surface area contributed by atoms with Gasteiger partial charge >= 0.3 is 51.4 Å². The van der Waals surface area contributed by atoms with Crippen LogP contribution in [0, 0.1) is 0 Å². The molecule has 0 fully saturated rings. The molecule has 8 heteroatoms. The van der Waals surface area contributed by atoms with E-state index >= 15 is 0 Å². The second-order valence-corrected chi connectivity index (χ2v) is 4.88. The molecule has 0 atom stereocenters. The minimum Gasteiger partial charge on any atom is -0.484 e. The first-order valence-corrected chi connectivity index (χ1v) is 6.68. The van der Waals surface area contributed by atoms with Gasteiger partial charge in [0, 0.05) is 4.90 Å². The van der Waals surface area contributed by atoms with Gasteiger partial charge in [-0.25, -0.2) is 0 Å². The minimum atomic E-state index is -0.342. The average molecular weight is 327 g/mol. The van der Waals surface area contributed by atoms with Crippen LogP contribution in [0.2, 0.25) is 0 Å². The predicted octanol–water partition coefficient (Wildman–Crippen LogP) is -1.76. The third-order valence-electron chi connectivity index (χ3n) is 1.73. The summed E-state index contributed by atoms with van der Waals surface area (Å²) in [7, 11) is 0. The number of carbonyl (C=O) groups excluding carboxylic acids is 1. The Balaban J connectivity index is 0.00000289. The van der Waals surface area contributed by atoms with E-state index in [1.807, 2.05) is 30.5 Å². The Bertz CT molecular complexity index is 401. The number of amides is 1. The maximum Gasteiger partial charge on any atom is 1.00 e. The molecule has 0 aliphatic heterocycles. The molecule has 0 aromatic heterocycles. The number of ether oxygens (including phenoxy) is 1. The Labute approximate surface area is 164 Å². The molecular weight excluding hydrogens is 315 g/mol. The normalized spacial score (nSPS) is 8.94. The molecule has 0 aliphatic rings. The van der Waals surface area contributed by atoms with E-state index in [-0.39, 0.29) is 68.2 Å². The van der Waals surface area contributed by atoms with Crippen molar-refractivity contribution in [3.05, 3.63) is 24.3 Å². The molecule has 0 saturated heterocycles. The Kier molecular flexibility index (Phi) is 10.7. The quantitative estimate of drug-likeness (QED) is 0.225. The van der Waals surface area contributed by atoms with E-state index in [4.69, 9.17) is 4.74 Å². The third kappa shape index (κ3) is 7.90. The first-order valence-electron chi connectivity index (χ1n) is 4.64. The van der Waals surface area contributed by atoms with Crippen LogP contribution in [-0.4, -0.2) is 23.1 Å². The van der Waals surface area contributed by atoms with Crippen molar-refractivity contribution < 1.29 is 60.9 Å². The summed E-state index contributed by atoms with van der Waals surface area (Å²) in [6.45, 7) is -0.0937. The number of carbonyl (C=O) groups is 1. The van der Waals surface area contributed by atoms with Gasteiger partial charge in [0.2, 0.25) is 0 Å². The van der Waals surface area contributed by atoms with E-state index in [0.29, 0.717) is 5.75 Å². The van der Waals surface area contributed by atoms with Crippen molar-refractivity contribution in [1.29, 1.82) is 0 Å². The number of hydrogen-bond donors (Lipinski definition) is 2. The summed E-state index contributed by atoms with van der Waals surface area (Å²) in [4.78, 5) is 12.4. The van der Waals surface area contributed by atoms with Crippen LogP contribution in [0.15, 0.2) is 29.2 Å². The third-order valence-corrected chi connectivity index (χ3v) is 2.68. The number of rotatable bonds is 4. The number of nitrogens with one attached hydrogen (secondary N) is 2. The largest absolute Gasteiger partial charge is 1.00 e. The van der Waals surface area contributed by atoms with Gasteiger partial charge in [0.05, 0.1) is 0 Å². The summed E-state index contributed by atoms with van der Waals surface area (Å²) in [6.07, 6.45) is 1.99. The van der Waals surface area contributed by atoms with Crippen LogP contribution in [-0.2, 0) is 17.4 Å². The van der Waals surface area contributed by atoms with Crippen LogP contribution in [0.25, 0.3) is 0 Å². The fourth-order valence-electron chi connectivity index (χ4n) is 0.978. The number of hydrogen-bond acceptors (Lipinski definition) is 5. The zero-order chi connectivity index (χ0) is 12.7. The van der Waals surface area contributed by atoms with Gasteiger partial charge in [-0.05, 0) is 34.8 Å². The molecule has 0 heterocycles. The van der Waals surface area contributed by atoms with Crippen molar-refractivity contribution in [2.24, 2.45) is 0 Å². The maximum atomic E-state index is 11.2. The number of thioether (sulfide) groups is 1. The predicted molar refractivity (Wildman–Crippen MR) is 75.0 cm³/mol. The van der Waals surface area contributed by atoms with E-state index in [0.717, 1.165) is 4.90 Å². The van der Waals surface area contributed by atoms with Crippen LogP contribution in [0.4, 0.5) is 0 Å². The van der Waals surface area contributed by atoms with Crippen molar-refractivity contribution in [2.45, 2.75) is 4.90 Å². The van der Waals surface area contributed by atoms with E-state index in [2.05, 4.69) is 35.7 Å². The summed E-state index contributed by atoms with van der Waals surface area (Å²) in [5, 5.41) is 0. The zero-order valence-corrected chi connectivity index (χ0v) is 15.6. The van der Waals surface area contributed by atoms with Crippen molar-refractivity contribution in [3.8, 4) is 5.75 Å². The molecule has 1 aromatic carbocycles. The van der Waals surface area contributed by atoms with E-state index in [9.17, 15) is 4.79 Å². The Morgan fingerprint density at radius 3 is 2.50 bits per heavy atom. The Morgan fingerprint density at radius 2 is 2.00 bits per heavy atom. The molecule has 0 radical (unpaired) electrons.